The van der Waals surface area contributed by atoms with Gasteiger partial charge in [0.2, 0.25) is 5.78 Å². The molecule has 2 aromatic carbocycles. The van der Waals surface area contributed by atoms with E-state index in [1.54, 1.807) is 60.9 Å². The zero-order valence-electron chi connectivity index (χ0n) is 18.4. The third-order valence-electron chi connectivity index (χ3n) is 5.49. The summed E-state index contributed by atoms with van der Waals surface area (Å²) in [4.78, 5) is 30.6. The molecule has 0 saturated carbocycles. The van der Waals surface area contributed by atoms with Crippen LogP contribution in [-0.4, -0.2) is 30.3 Å². The SMILES string of the molecule is CCOc1ccc(C2/C(=C(\[O-])c3ccccc3)C(=O)C(=O)N2Cc2ccc[nH+]c2)cc1OC. The summed E-state index contributed by atoms with van der Waals surface area (Å²) in [5.41, 5.74) is 1.67. The van der Waals surface area contributed by atoms with Gasteiger partial charge in [0.05, 0.1) is 26.3 Å². The Balaban J connectivity index is 1.87. The van der Waals surface area contributed by atoms with Gasteiger partial charge in [-0.2, -0.15) is 0 Å². The molecule has 1 unspecified atom stereocenters. The largest absolute Gasteiger partial charge is 0.872 e. The lowest BCUT2D eigenvalue weighted by atomic mass is 9.95. The summed E-state index contributed by atoms with van der Waals surface area (Å²) >= 11 is 0. The minimum absolute atomic E-state index is 0.0719. The number of carbonyl (C=O) groups excluding carboxylic acids is 2. The molecule has 0 bridgehead atoms. The van der Waals surface area contributed by atoms with Gasteiger partial charge >= 0.3 is 0 Å². The highest BCUT2D eigenvalue weighted by Gasteiger charge is 2.44. The second-order valence-electron chi connectivity index (χ2n) is 7.53. The number of ether oxygens (including phenoxy) is 2. The molecule has 1 aliphatic heterocycles. The maximum absolute atomic E-state index is 13.4. The van der Waals surface area contributed by atoms with E-state index in [2.05, 4.69) is 4.98 Å². The van der Waals surface area contributed by atoms with Crippen molar-refractivity contribution in [3.05, 3.63) is 95.3 Å². The number of H-pyrrole nitrogens is 1. The molecule has 1 saturated heterocycles. The number of pyridine rings is 1. The fourth-order valence-electron chi connectivity index (χ4n) is 3.98. The van der Waals surface area contributed by atoms with Crippen LogP contribution in [0.3, 0.4) is 0 Å². The number of Topliss-reactive ketones (excluding diaryl/α,β-unsaturated/α-hetero) is 1. The number of likely N-dealkylation sites (tertiary alicyclic amines) is 1. The molecule has 168 valence electrons. The molecule has 1 amide bonds. The molecule has 4 rings (SSSR count). The van der Waals surface area contributed by atoms with Crippen molar-refractivity contribution in [1.29, 1.82) is 0 Å². The van der Waals surface area contributed by atoms with E-state index < -0.39 is 23.5 Å². The maximum atomic E-state index is 13.4. The normalized spacial score (nSPS) is 17.3. The van der Waals surface area contributed by atoms with Crippen molar-refractivity contribution in [3.63, 3.8) is 0 Å². The van der Waals surface area contributed by atoms with E-state index in [1.165, 1.54) is 12.0 Å². The smallest absolute Gasteiger partial charge is 0.295 e. The van der Waals surface area contributed by atoms with Crippen molar-refractivity contribution in [2.24, 2.45) is 0 Å². The summed E-state index contributed by atoms with van der Waals surface area (Å²) in [6, 6.07) is 16.5. The number of ketones is 1. The van der Waals surface area contributed by atoms with Gasteiger partial charge in [-0.3, -0.25) is 9.59 Å². The second-order valence-corrected chi connectivity index (χ2v) is 7.53. The lowest BCUT2D eigenvalue weighted by molar-refractivity contribution is -0.378. The second kappa shape index (κ2) is 9.56. The Kier molecular flexibility index (Phi) is 6.40. The number of amides is 1. The summed E-state index contributed by atoms with van der Waals surface area (Å²) < 4.78 is 11.1. The molecule has 2 heterocycles. The van der Waals surface area contributed by atoms with Gasteiger partial charge in [0.1, 0.15) is 0 Å². The van der Waals surface area contributed by atoms with Crippen LogP contribution in [-0.2, 0) is 16.1 Å². The molecular formula is C26H24N2O5. The Hall–Kier alpha value is -4.13. The van der Waals surface area contributed by atoms with Crippen LogP contribution in [0.25, 0.3) is 5.76 Å². The Morgan fingerprint density at radius 2 is 1.85 bits per heavy atom. The van der Waals surface area contributed by atoms with Crippen molar-refractivity contribution >= 4 is 17.4 Å². The average Bonchev–Trinajstić information content (AvgIpc) is 3.10. The number of methoxy groups -OCH3 is 1. The molecule has 7 nitrogen and oxygen atoms in total. The van der Waals surface area contributed by atoms with Crippen LogP contribution in [0.1, 0.15) is 29.7 Å². The number of nitrogens with one attached hydrogen (secondary N) is 1. The van der Waals surface area contributed by atoms with Gasteiger partial charge in [-0.15, -0.1) is 0 Å². The Labute approximate surface area is 191 Å². The third kappa shape index (κ3) is 4.30. The van der Waals surface area contributed by atoms with E-state index in [0.29, 0.717) is 29.2 Å². The number of aromatic nitrogens is 1. The van der Waals surface area contributed by atoms with Crippen molar-refractivity contribution < 1.29 is 29.2 Å². The van der Waals surface area contributed by atoms with Crippen molar-refractivity contribution in [3.8, 4) is 11.5 Å². The highest BCUT2D eigenvalue weighted by atomic mass is 16.5. The first-order valence-electron chi connectivity index (χ1n) is 10.6. The zero-order valence-corrected chi connectivity index (χ0v) is 18.4. The first-order valence-corrected chi connectivity index (χ1v) is 10.6. The van der Waals surface area contributed by atoms with Crippen LogP contribution in [0.5, 0.6) is 11.5 Å². The summed E-state index contributed by atoms with van der Waals surface area (Å²) in [6.45, 7) is 2.48. The van der Waals surface area contributed by atoms with Crippen LogP contribution in [0.2, 0.25) is 0 Å². The van der Waals surface area contributed by atoms with Crippen LogP contribution in [0.15, 0.2) is 78.6 Å². The minimum atomic E-state index is -0.859. The fourth-order valence-corrected chi connectivity index (χ4v) is 3.98. The third-order valence-corrected chi connectivity index (χ3v) is 5.49. The van der Waals surface area contributed by atoms with Crippen LogP contribution in [0, 0.1) is 0 Å². The van der Waals surface area contributed by atoms with Crippen molar-refractivity contribution in [2.45, 2.75) is 19.5 Å². The maximum Gasteiger partial charge on any atom is 0.295 e. The number of benzene rings is 2. The Morgan fingerprint density at radius 1 is 1.06 bits per heavy atom. The molecule has 0 radical (unpaired) electrons. The standard InChI is InChI=1S/C26H24N2O5/c1-3-33-20-12-11-19(14-21(20)32-2)23-22(24(29)18-9-5-4-6-10-18)25(30)26(31)28(23)16-17-8-7-13-27-15-17/h4-15,23,29H,3,16H2,1-2H3/b24-22+. The van der Waals surface area contributed by atoms with E-state index >= 15 is 0 Å². The molecule has 1 N–H and O–H groups in total. The number of aromatic amines is 1. The zero-order chi connectivity index (χ0) is 23.4. The molecule has 0 spiro atoms. The molecule has 1 aliphatic rings. The first kappa shape index (κ1) is 22.1. The number of rotatable bonds is 7. The summed E-state index contributed by atoms with van der Waals surface area (Å²) in [7, 11) is 1.52. The molecule has 0 aliphatic carbocycles. The molecule has 7 heteroatoms. The summed E-state index contributed by atoms with van der Waals surface area (Å²) in [5, 5.41) is 13.4. The van der Waals surface area contributed by atoms with E-state index in [4.69, 9.17) is 9.47 Å². The summed E-state index contributed by atoms with van der Waals surface area (Å²) in [6.07, 6.45) is 3.51. The van der Waals surface area contributed by atoms with Gasteiger partial charge in [0.15, 0.2) is 23.9 Å². The number of carbonyl (C=O) groups is 2. The van der Waals surface area contributed by atoms with Gasteiger partial charge < -0.3 is 19.5 Å². The Morgan fingerprint density at radius 3 is 2.52 bits per heavy atom. The van der Waals surface area contributed by atoms with Crippen molar-refractivity contribution in [1.82, 2.24) is 4.90 Å². The number of hydrogen-bond donors (Lipinski definition) is 0. The van der Waals surface area contributed by atoms with Gasteiger partial charge in [0, 0.05) is 17.2 Å². The molecule has 1 atom stereocenters. The van der Waals surface area contributed by atoms with E-state index in [9.17, 15) is 14.7 Å². The lowest BCUT2D eigenvalue weighted by Crippen LogP contribution is -2.29. The Bertz CT molecular complexity index is 1190. The topological polar surface area (TPSA) is 93.0 Å². The first-order chi connectivity index (χ1) is 16.0. The predicted octanol–water partition coefficient (Wildman–Crippen LogP) is 2.33. The molecule has 1 fully saturated rings. The number of nitrogens with zero attached hydrogens (tertiary/aromatic N) is 1. The lowest BCUT2D eigenvalue weighted by Gasteiger charge is -2.27. The average molecular weight is 444 g/mol. The van der Waals surface area contributed by atoms with Gasteiger partial charge in [-0.05, 0) is 36.2 Å². The molecule has 1 aromatic heterocycles. The van der Waals surface area contributed by atoms with Gasteiger partial charge in [0.25, 0.3) is 5.91 Å². The highest BCUT2D eigenvalue weighted by Crippen LogP contribution is 2.42. The highest BCUT2D eigenvalue weighted by molar-refractivity contribution is 6.46. The van der Waals surface area contributed by atoms with E-state index in [0.717, 1.165) is 5.56 Å². The van der Waals surface area contributed by atoms with E-state index in [1.807, 2.05) is 19.1 Å². The molecule has 33 heavy (non-hydrogen) atoms. The number of hydrogen-bond acceptors (Lipinski definition) is 5. The summed E-state index contributed by atoms with van der Waals surface area (Å²) in [5.74, 6) is -0.966. The van der Waals surface area contributed by atoms with Gasteiger partial charge in [-0.25, -0.2) is 4.98 Å². The van der Waals surface area contributed by atoms with Crippen LogP contribution < -0.4 is 19.6 Å². The predicted molar refractivity (Wildman–Crippen MR) is 119 cm³/mol. The van der Waals surface area contributed by atoms with Gasteiger partial charge in [-0.1, -0.05) is 42.2 Å². The van der Waals surface area contributed by atoms with Crippen molar-refractivity contribution in [2.75, 3.05) is 13.7 Å². The molecule has 3 aromatic rings. The minimum Gasteiger partial charge on any atom is -0.872 e. The molecular weight excluding hydrogens is 420 g/mol. The van der Waals surface area contributed by atoms with Crippen LogP contribution >= 0.6 is 0 Å². The fraction of sp³-hybridized carbons (Fsp3) is 0.192. The quantitative estimate of drug-likeness (QED) is 0.317. The van der Waals surface area contributed by atoms with Crippen LogP contribution in [0.4, 0.5) is 0 Å². The monoisotopic (exact) mass is 444 g/mol. The van der Waals surface area contributed by atoms with E-state index in [-0.39, 0.29) is 12.1 Å².